The van der Waals surface area contributed by atoms with Crippen LogP contribution in [0.4, 0.5) is 0 Å². The number of carbonyl (C=O) groups is 2. The average Bonchev–Trinajstić information content (AvgIpc) is 3.32. The molecule has 1 aromatic carbocycles. The van der Waals surface area contributed by atoms with Crippen molar-refractivity contribution in [2.45, 2.75) is 44.1 Å². The molecule has 2 aliphatic rings. The van der Waals surface area contributed by atoms with Gasteiger partial charge in [0.1, 0.15) is 0 Å². The molecule has 170 valence electrons. The Labute approximate surface area is 190 Å². The van der Waals surface area contributed by atoms with Gasteiger partial charge in [-0.25, -0.2) is 0 Å². The number of pyridine rings is 1. The Hall–Kier alpha value is -2.73. The van der Waals surface area contributed by atoms with Gasteiger partial charge < -0.3 is 14.5 Å². The van der Waals surface area contributed by atoms with Crippen LogP contribution >= 0.6 is 0 Å². The third-order valence-corrected chi connectivity index (χ3v) is 6.70. The van der Waals surface area contributed by atoms with Crippen molar-refractivity contribution in [1.29, 1.82) is 0 Å². The Bertz CT molecular complexity index is 940. The molecule has 1 aliphatic carbocycles. The summed E-state index contributed by atoms with van der Waals surface area (Å²) in [5.41, 5.74) is 2.10. The minimum atomic E-state index is -1.07. The van der Waals surface area contributed by atoms with E-state index in [-0.39, 0.29) is 11.8 Å². The molecule has 4 rings (SSSR count). The van der Waals surface area contributed by atoms with E-state index in [1.165, 1.54) is 12.8 Å². The first-order chi connectivity index (χ1) is 15.5. The van der Waals surface area contributed by atoms with Crippen LogP contribution in [0.2, 0.25) is 0 Å². The molecule has 2 fully saturated rings. The maximum absolute atomic E-state index is 13.3. The highest BCUT2D eigenvalue weighted by atomic mass is 16.5. The Kier molecular flexibility index (Phi) is 6.89. The molecule has 6 heteroatoms. The van der Waals surface area contributed by atoms with Crippen molar-refractivity contribution >= 4 is 11.8 Å². The van der Waals surface area contributed by atoms with Gasteiger partial charge in [0.05, 0.1) is 13.2 Å². The molecule has 2 aromatic rings. The maximum atomic E-state index is 13.3. The summed E-state index contributed by atoms with van der Waals surface area (Å²) < 4.78 is 6.19. The molecule has 32 heavy (non-hydrogen) atoms. The van der Waals surface area contributed by atoms with E-state index >= 15 is 0 Å². The van der Waals surface area contributed by atoms with Crippen LogP contribution in [0, 0.1) is 5.92 Å². The van der Waals surface area contributed by atoms with Crippen LogP contribution in [0.5, 0.6) is 0 Å². The van der Waals surface area contributed by atoms with E-state index in [1.54, 1.807) is 31.4 Å². The van der Waals surface area contributed by atoms with Crippen molar-refractivity contribution in [1.82, 2.24) is 14.8 Å². The minimum absolute atomic E-state index is 0.0924. The molecule has 0 bridgehead atoms. The molecule has 1 unspecified atom stereocenters. The summed E-state index contributed by atoms with van der Waals surface area (Å²) in [6, 6.07) is 12.1. The van der Waals surface area contributed by atoms with Gasteiger partial charge in [0, 0.05) is 45.9 Å². The zero-order valence-corrected chi connectivity index (χ0v) is 19.1. The van der Waals surface area contributed by atoms with Gasteiger partial charge >= 0.3 is 0 Å². The number of aromatic nitrogens is 1. The highest BCUT2D eigenvalue weighted by molar-refractivity contribution is 5.87. The van der Waals surface area contributed by atoms with Gasteiger partial charge in [-0.1, -0.05) is 37.1 Å². The molecular weight excluding hydrogens is 402 g/mol. The summed E-state index contributed by atoms with van der Waals surface area (Å²) >= 11 is 0. The Morgan fingerprint density at radius 2 is 1.88 bits per heavy atom. The fourth-order valence-corrected chi connectivity index (χ4v) is 5.04. The molecule has 0 radical (unpaired) electrons. The van der Waals surface area contributed by atoms with E-state index in [9.17, 15) is 9.59 Å². The molecule has 1 aliphatic heterocycles. The van der Waals surface area contributed by atoms with Crippen molar-refractivity contribution < 1.29 is 14.3 Å². The predicted molar refractivity (Wildman–Crippen MR) is 124 cm³/mol. The summed E-state index contributed by atoms with van der Waals surface area (Å²) in [5.74, 6) is 0.549. The summed E-state index contributed by atoms with van der Waals surface area (Å²) in [4.78, 5) is 33.9. The maximum Gasteiger partial charge on any atom is 0.256 e. The van der Waals surface area contributed by atoms with Crippen molar-refractivity contribution in [3.8, 4) is 11.1 Å². The fourth-order valence-electron chi connectivity index (χ4n) is 5.04. The van der Waals surface area contributed by atoms with Gasteiger partial charge in [0.15, 0.2) is 5.60 Å². The van der Waals surface area contributed by atoms with Crippen molar-refractivity contribution in [3.63, 3.8) is 0 Å². The lowest BCUT2D eigenvalue weighted by atomic mass is 9.89. The topological polar surface area (TPSA) is 62.7 Å². The quantitative estimate of drug-likeness (QED) is 0.696. The molecule has 1 saturated heterocycles. The molecule has 0 spiro atoms. The van der Waals surface area contributed by atoms with Crippen molar-refractivity contribution in [2.75, 3.05) is 33.8 Å². The second-order valence-corrected chi connectivity index (χ2v) is 9.33. The molecular formula is C26H33N3O3. The van der Waals surface area contributed by atoms with Crippen LogP contribution in [-0.2, 0) is 20.7 Å². The number of likely N-dealkylation sites (N-methyl/N-ethyl adjacent to an activating group) is 1. The largest absolute Gasteiger partial charge is 0.361 e. The SMILES string of the molecule is CN(C)C(=O)C1(Cc2cccc(-c3ccncc3)c2)CN(C(=O)CC2CCCC2)CCO1. The lowest BCUT2D eigenvalue weighted by Gasteiger charge is -2.43. The number of rotatable bonds is 6. The van der Waals surface area contributed by atoms with E-state index in [0.717, 1.165) is 29.5 Å². The van der Waals surface area contributed by atoms with Crippen LogP contribution in [0.1, 0.15) is 37.7 Å². The van der Waals surface area contributed by atoms with Crippen LogP contribution in [0.25, 0.3) is 11.1 Å². The zero-order valence-electron chi connectivity index (χ0n) is 19.1. The molecule has 0 N–H and O–H groups in total. The number of morpholine rings is 1. The molecule has 1 aromatic heterocycles. The number of benzene rings is 1. The number of hydrogen-bond acceptors (Lipinski definition) is 4. The number of ether oxygens (including phenoxy) is 1. The average molecular weight is 436 g/mol. The number of amides is 2. The lowest BCUT2D eigenvalue weighted by Crippen LogP contribution is -2.61. The van der Waals surface area contributed by atoms with Crippen LogP contribution in [0.15, 0.2) is 48.8 Å². The normalized spacial score (nSPS) is 21.5. The van der Waals surface area contributed by atoms with Crippen LogP contribution < -0.4 is 0 Å². The van der Waals surface area contributed by atoms with E-state index in [0.29, 0.717) is 38.5 Å². The Morgan fingerprint density at radius 3 is 2.59 bits per heavy atom. The van der Waals surface area contributed by atoms with Crippen LogP contribution in [0.3, 0.4) is 0 Å². The first-order valence-electron chi connectivity index (χ1n) is 11.6. The van der Waals surface area contributed by atoms with E-state index < -0.39 is 5.60 Å². The Balaban J connectivity index is 1.57. The third kappa shape index (κ3) is 5.01. The second-order valence-electron chi connectivity index (χ2n) is 9.33. The molecule has 1 saturated carbocycles. The first-order valence-corrected chi connectivity index (χ1v) is 11.6. The van der Waals surface area contributed by atoms with Gasteiger partial charge in [-0.15, -0.1) is 0 Å². The van der Waals surface area contributed by atoms with Crippen LogP contribution in [-0.4, -0.2) is 66.0 Å². The van der Waals surface area contributed by atoms with Crippen molar-refractivity contribution in [2.24, 2.45) is 5.92 Å². The Morgan fingerprint density at radius 1 is 1.12 bits per heavy atom. The van der Waals surface area contributed by atoms with Gasteiger partial charge in [-0.3, -0.25) is 14.6 Å². The molecule has 1 atom stereocenters. The highest BCUT2D eigenvalue weighted by Gasteiger charge is 2.46. The second kappa shape index (κ2) is 9.82. The van der Waals surface area contributed by atoms with E-state index in [2.05, 4.69) is 17.1 Å². The molecule has 6 nitrogen and oxygen atoms in total. The van der Waals surface area contributed by atoms with Gasteiger partial charge in [-0.2, -0.15) is 0 Å². The highest BCUT2D eigenvalue weighted by Crippen LogP contribution is 2.31. The number of hydrogen-bond donors (Lipinski definition) is 0. The van der Waals surface area contributed by atoms with Gasteiger partial charge in [0.25, 0.3) is 5.91 Å². The number of carbonyl (C=O) groups excluding carboxylic acids is 2. The number of nitrogens with zero attached hydrogens (tertiary/aromatic N) is 3. The van der Waals surface area contributed by atoms with Gasteiger partial charge in [0.2, 0.25) is 5.91 Å². The van der Waals surface area contributed by atoms with E-state index in [1.807, 2.05) is 29.2 Å². The predicted octanol–water partition coefficient (Wildman–Crippen LogP) is 3.56. The summed E-state index contributed by atoms with van der Waals surface area (Å²) in [5, 5.41) is 0. The summed E-state index contributed by atoms with van der Waals surface area (Å²) in [7, 11) is 3.50. The fraction of sp³-hybridized carbons (Fsp3) is 0.500. The first kappa shape index (κ1) is 22.5. The molecule has 2 amide bonds. The summed E-state index contributed by atoms with van der Waals surface area (Å²) in [6.45, 7) is 1.22. The molecule has 2 heterocycles. The standard InChI is InChI=1S/C26H33N3O3/c1-28(2)25(31)26(18-21-8-5-9-23(16-21)22-10-12-27-13-11-22)19-29(14-15-32-26)24(30)17-20-6-3-4-7-20/h5,8-13,16,20H,3-4,6-7,14-15,17-19H2,1-2H3. The smallest absolute Gasteiger partial charge is 0.256 e. The van der Waals surface area contributed by atoms with Crippen molar-refractivity contribution in [3.05, 3.63) is 54.4 Å². The minimum Gasteiger partial charge on any atom is -0.361 e. The van der Waals surface area contributed by atoms with Gasteiger partial charge in [-0.05, 0) is 47.6 Å². The van der Waals surface area contributed by atoms with E-state index in [4.69, 9.17) is 4.74 Å². The zero-order chi connectivity index (χ0) is 22.6. The lowest BCUT2D eigenvalue weighted by molar-refractivity contribution is -0.172. The summed E-state index contributed by atoms with van der Waals surface area (Å²) in [6.07, 6.45) is 9.28. The monoisotopic (exact) mass is 435 g/mol. The third-order valence-electron chi connectivity index (χ3n) is 6.70.